The molecule has 5 heteroatoms. The summed E-state index contributed by atoms with van der Waals surface area (Å²) < 4.78 is 50.5. The second kappa shape index (κ2) is 4.88. The van der Waals surface area contributed by atoms with Gasteiger partial charge in [-0.1, -0.05) is 25.3 Å². The Labute approximate surface area is 103 Å². The molecule has 0 heterocycles. The highest BCUT2D eigenvalue weighted by Crippen LogP contribution is 2.36. The van der Waals surface area contributed by atoms with E-state index in [1.54, 1.807) is 0 Å². The number of alkyl halides is 3. The van der Waals surface area contributed by atoms with Gasteiger partial charge in [-0.05, 0) is 30.0 Å². The Balaban J connectivity index is 2.12. The molecule has 0 spiro atoms. The van der Waals surface area contributed by atoms with E-state index >= 15 is 0 Å². The topological polar surface area (TPSA) is 26.0 Å². The zero-order valence-corrected chi connectivity index (χ0v) is 9.80. The van der Waals surface area contributed by atoms with Crippen molar-refractivity contribution in [1.82, 2.24) is 0 Å². The summed E-state index contributed by atoms with van der Waals surface area (Å²) in [6, 6.07) is 2.57. The van der Waals surface area contributed by atoms with Gasteiger partial charge in [0.1, 0.15) is 5.82 Å². The summed E-state index contributed by atoms with van der Waals surface area (Å²) in [7, 11) is 0. The number of hydrogen-bond donors (Lipinski definition) is 1. The van der Waals surface area contributed by atoms with Gasteiger partial charge in [0.05, 0.1) is 5.56 Å². The van der Waals surface area contributed by atoms with Crippen molar-refractivity contribution in [1.29, 1.82) is 0 Å². The smallest absolute Gasteiger partial charge is 0.324 e. The van der Waals surface area contributed by atoms with Gasteiger partial charge in [0.15, 0.2) is 0 Å². The van der Waals surface area contributed by atoms with Crippen molar-refractivity contribution in [3.63, 3.8) is 0 Å². The molecule has 1 atom stereocenters. The van der Waals surface area contributed by atoms with Crippen LogP contribution in [0.3, 0.4) is 0 Å². The summed E-state index contributed by atoms with van der Waals surface area (Å²) in [5.74, 6) is -0.714. The first kappa shape index (κ1) is 13.3. The summed E-state index contributed by atoms with van der Waals surface area (Å²) in [5.41, 5.74) is 5.09. The Hall–Kier alpha value is -1.10. The Kier molecular flexibility index (Phi) is 3.61. The van der Waals surface area contributed by atoms with Crippen molar-refractivity contribution in [2.45, 2.75) is 37.9 Å². The second-order valence-electron chi connectivity index (χ2n) is 4.88. The Morgan fingerprint density at radius 1 is 1.28 bits per heavy atom. The summed E-state index contributed by atoms with van der Waals surface area (Å²) in [4.78, 5) is 0. The third-order valence-electron chi connectivity index (χ3n) is 3.54. The van der Waals surface area contributed by atoms with E-state index in [9.17, 15) is 17.6 Å². The first-order valence-electron chi connectivity index (χ1n) is 6.00. The highest BCUT2D eigenvalue weighted by Gasteiger charge is 2.34. The van der Waals surface area contributed by atoms with Crippen molar-refractivity contribution < 1.29 is 17.6 Å². The normalized spacial score (nSPS) is 18.5. The molecular weight excluding hydrogens is 246 g/mol. The largest absolute Gasteiger partial charge is 0.419 e. The molecule has 1 fully saturated rings. The molecule has 2 N–H and O–H groups in total. The molecule has 0 amide bonds. The number of halogens is 4. The van der Waals surface area contributed by atoms with Crippen LogP contribution in [0.4, 0.5) is 17.6 Å². The first-order valence-corrected chi connectivity index (χ1v) is 6.00. The molecule has 0 radical (unpaired) electrons. The van der Waals surface area contributed by atoms with Gasteiger partial charge in [-0.15, -0.1) is 0 Å². The van der Waals surface area contributed by atoms with Crippen molar-refractivity contribution in [2.75, 3.05) is 0 Å². The minimum Gasteiger partial charge on any atom is -0.324 e. The van der Waals surface area contributed by atoms with Crippen LogP contribution in [-0.4, -0.2) is 0 Å². The summed E-state index contributed by atoms with van der Waals surface area (Å²) in [6.07, 6.45) is -0.544. The average molecular weight is 261 g/mol. The zero-order valence-electron chi connectivity index (χ0n) is 9.80. The van der Waals surface area contributed by atoms with Crippen molar-refractivity contribution in [3.05, 3.63) is 35.1 Å². The molecule has 18 heavy (non-hydrogen) atoms. The van der Waals surface area contributed by atoms with Gasteiger partial charge in [-0.3, -0.25) is 0 Å². The van der Waals surface area contributed by atoms with Crippen LogP contribution in [0.15, 0.2) is 18.2 Å². The lowest BCUT2D eigenvalue weighted by Gasteiger charge is -2.28. The molecule has 1 aromatic carbocycles. The molecule has 2 rings (SSSR count). The van der Waals surface area contributed by atoms with Crippen LogP contribution in [-0.2, 0) is 6.18 Å². The van der Waals surface area contributed by atoms with Crippen LogP contribution in [0, 0.1) is 11.7 Å². The van der Waals surface area contributed by atoms with Gasteiger partial charge in [0.2, 0.25) is 0 Å². The molecule has 0 aliphatic heterocycles. The summed E-state index contributed by atoms with van der Waals surface area (Å²) in [6.45, 7) is 0. The average Bonchev–Trinajstić information content (AvgIpc) is 2.21. The molecule has 1 aliphatic carbocycles. The molecular formula is C13H15F4N. The monoisotopic (exact) mass is 261 g/mol. The maximum Gasteiger partial charge on any atom is 0.419 e. The molecule has 0 aromatic heterocycles. The van der Waals surface area contributed by atoms with Crippen LogP contribution in [0.1, 0.15) is 42.9 Å². The van der Waals surface area contributed by atoms with Gasteiger partial charge in [-0.25, -0.2) is 4.39 Å². The lowest BCUT2D eigenvalue weighted by atomic mass is 9.80. The van der Waals surface area contributed by atoms with Crippen molar-refractivity contribution >= 4 is 0 Å². The fourth-order valence-electron chi connectivity index (χ4n) is 2.22. The van der Waals surface area contributed by atoms with Crippen LogP contribution in [0.25, 0.3) is 0 Å². The van der Waals surface area contributed by atoms with E-state index in [4.69, 9.17) is 5.73 Å². The number of rotatable bonds is 3. The van der Waals surface area contributed by atoms with Crippen molar-refractivity contribution in [3.8, 4) is 0 Å². The maximum atomic E-state index is 13.4. The van der Waals surface area contributed by atoms with Crippen LogP contribution < -0.4 is 5.73 Å². The number of hydrogen-bond acceptors (Lipinski definition) is 1. The molecule has 100 valence electrons. The maximum absolute atomic E-state index is 13.4. The van der Waals surface area contributed by atoms with E-state index in [-0.39, 0.29) is 6.04 Å². The fourth-order valence-corrected chi connectivity index (χ4v) is 2.22. The predicted octanol–water partition coefficient (Wildman–Crippen LogP) is 4.03. The third-order valence-corrected chi connectivity index (χ3v) is 3.54. The van der Waals surface area contributed by atoms with Crippen molar-refractivity contribution in [2.24, 2.45) is 11.7 Å². The van der Waals surface area contributed by atoms with Gasteiger partial charge >= 0.3 is 6.18 Å². The van der Waals surface area contributed by atoms with Gasteiger partial charge in [0.25, 0.3) is 0 Å². The number of benzene rings is 1. The lowest BCUT2D eigenvalue weighted by molar-refractivity contribution is -0.140. The fraction of sp³-hybridized carbons (Fsp3) is 0.538. The minimum absolute atomic E-state index is 0.382. The highest BCUT2D eigenvalue weighted by atomic mass is 19.4. The Morgan fingerprint density at radius 3 is 2.39 bits per heavy atom. The van der Waals surface area contributed by atoms with Gasteiger partial charge < -0.3 is 5.73 Å². The minimum atomic E-state index is -4.65. The third kappa shape index (κ3) is 2.83. The standard InChI is InChI=1S/C13H15F4N/c14-11-7-9(4-5-10(11)13(15,16)17)12(18)6-8-2-1-3-8/h4-5,7-8,12H,1-3,6,18H2. The van der Waals surface area contributed by atoms with Gasteiger partial charge in [-0.2, -0.15) is 13.2 Å². The highest BCUT2D eigenvalue weighted by molar-refractivity contribution is 5.28. The van der Waals surface area contributed by atoms with E-state index in [1.165, 1.54) is 12.5 Å². The lowest BCUT2D eigenvalue weighted by Crippen LogP contribution is -2.20. The SMILES string of the molecule is NC(CC1CCC1)c1ccc(C(F)(F)F)c(F)c1. The molecule has 1 nitrogen and oxygen atoms in total. The predicted molar refractivity (Wildman–Crippen MR) is 60.3 cm³/mol. The Bertz CT molecular complexity index is 423. The number of nitrogens with two attached hydrogens (primary N) is 1. The van der Waals surface area contributed by atoms with E-state index in [0.717, 1.165) is 25.0 Å². The van der Waals surface area contributed by atoms with E-state index in [2.05, 4.69) is 0 Å². The van der Waals surface area contributed by atoms with E-state index in [1.807, 2.05) is 0 Å². The molecule has 1 aliphatic rings. The molecule has 0 bridgehead atoms. The van der Waals surface area contributed by atoms with E-state index in [0.29, 0.717) is 17.9 Å². The molecule has 1 aromatic rings. The molecule has 1 saturated carbocycles. The molecule has 0 saturated heterocycles. The van der Waals surface area contributed by atoms with Crippen LogP contribution in [0.2, 0.25) is 0 Å². The van der Waals surface area contributed by atoms with Gasteiger partial charge in [0, 0.05) is 6.04 Å². The summed E-state index contributed by atoms with van der Waals surface area (Å²) >= 11 is 0. The molecule has 1 unspecified atom stereocenters. The summed E-state index contributed by atoms with van der Waals surface area (Å²) in [5, 5.41) is 0. The quantitative estimate of drug-likeness (QED) is 0.817. The van der Waals surface area contributed by atoms with Crippen LogP contribution >= 0.6 is 0 Å². The van der Waals surface area contributed by atoms with Crippen LogP contribution in [0.5, 0.6) is 0 Å². The Morgan fingerprint density at radius 2 is 1.94 bits per heavy atom. The first-order chi connectivity index (χ1) is 8.38. The second-order valence-corrected chi connectivity index (χ2v) is 4.88. The van der Waals surface area contributed by atoms with E-state index < -0.39 is 17.6 Å². The zero-order chi connectivity index (χ0) is 13.3.